The molecule has 1 amide bonds. The van der Waals surface area contributed by atoms with Gasteiger partial charge in [-0.25, -0.2) is 8.78 Å². The van der Waals surface area contributed by atoms with Gasteiger partial charge in [0.05, 0.1) is 0 Å². The summed E-state index contributed by atoms with van der Waals surface area (Å²) in [6, 6.07) is 3.46. The van der Waals surface area contributed by atoms with Gasteiger partial charge in [-0.15, -0.1) is 0 Å². The van der Waals surface area contributed by atoms with Gasteiger partial charge in [-0.3, -0.25) is 4.79 Å². The van der Waals surface area contributed by atoms with Crippen molar-refractivity contribution in [1.29, 1.82) is 0 Å². The van der Waals surface area contributed by atoms with Crippen LogP contribution in [0.4, 0.5) is 8.78 Å². The lowest BCUT2D eigenvalue weighted by molar-refractivity contribution is -0.116. The molecule has 1 aromatic rings. The summed E-state index contributed by atoms with van der Waals surface area (Å²) in [6.07, 6.45) is 1.11. The minimum absolute atomic E-state index is 0.155. The van der Waals surface area contributed by atoms with Crippen LogP contribution in [0.15, 0.2) is 30.9 Å². The summed E-state index contributed by atoms with van der Waals surface area (Å²) in [5.74, 6) is -2.17. The van der Waals surface area contributed by atoms with Gasteiger partial charge in [0.15, 0.2) is 11.6 Å². The number of hydrogen-bond acceptors (Lipinski definition) is 1. The lowest BCUT2D eigenvalue weighted by Crippen LogP contribution is -2.19. The second-order valence-electron chi connectivity index (χ2n) is 2.67. The van der Waals surface area contributed by atoms with E-state index < -0.39 is 11.6 Å². The Morgan fingerprint density at radius 1 is 1.43 bits per heavy atom. The van der Waals surface area contributed by atoms with Gasteiger partial charge in [-0.1, -0.05) is 12.6 Å². The molecule has 0 aliphatic rings. The van der Waals surface area contributed by atoms with Gasteiger partial charge in [0.25, 0.3) is 0 Å². The highest BCUT2D eigenvalue weighted by molar-refractivity contribution is 5.86. The van der Waals surface area contributed by atoms with Crippen LogP contribution in [0, 0.1) is 11.6 Å². The highest BCUT2D eigenvalue weighted by Gasteiger charge is 2.02. The molecule has 2 nitrogen and oxygen atoms in total. The Kier molecular flexibility index (Phi) is 3.34. The largest absolute Gasteiger partial charge is 0.348 e. The molecule has 14 heavy (non-hydrogen) atoms. The third-order valence-electron chi connectivity index (χ3n) is 1.64. The van der Waals surface area contributed by atoms with Crippen molar-refractivity contribution >= 4 is 5.91 Å². The van der Waals surface area contributed by atoms with Crippen molar-refractivity contribution in [1.82, 2.24) is 5.32 Å². The molecule has 0 aliphatic carbocycles. The predicted octanol–water partition coefficient (Wildman–Crippen LogP) is 1.77. The maximum absolute atomic E-state index is 12.7. The Bertz CT molecular complexity index is 363. The van der Waals surface area contributed by atoms with Crippen LogP contribution in [-0.2, 0) is 11.3 Å². The molecule has 1 aromatic carbocycles. The van der Waals surface area contributed by atoms with Gasteiger partial charge < -0.3 is 5.32 Å². The average molecular weight is 197 g/mol. The van der Waals surface area contributed by atoms with Crippen LogP contribution in [0.3, 0.4) is 0 Å². The van der Waals surface area contributed by atoms with Crippen LogP contribution < -0.4 is 5.32 Å². The molecule has 74 valence electrons. The van der Waals surface area contributed by atoms with Crippen molar-refractivity contribution in [2.45, 2.75) is 6.54 Å². The molecule has 0 aromatic heterocycles. The number of carbonyl (C=O) groups is 1. The summed E-state index contributed by atoms with van der Waals surface area (Å²) in [4.78, 5) is 10.7. The summed E-state index contributed by atoms with van der Waals surface area (Å²) < 4.78 is 25.2. The Labute approximate surface area is 80.2 Å². The van der Waals surface area contributed by atoms with E-state index in [0.29, 0.717) is 5.56 Å². The van der Waals surface area contributed by atoms with Crippen molar-refractivity contribution in [3.63, 3.8) is 0 Å². The summed E-state index contributed by atoms with van der Waals surface area (Å²) in [6.45, 7) is 3.41. The van der Waals surface area contributed by atoms with Gasteiger partial charge in [-0.05, 0) is 23.8 Å². The number of amides is 1. The van der Waals surface area contributed by atoms with E-state index in [9.17, 15) is 13.6 Å². The quantitative estimate of drug-likeness (QED) is 0.735. The minimum Gasteiger partial charge on any atom is -0.348 e. The Hall–Kier alpha value is -1.71. The van der Waals surface area contributed by atoms with E-state index in [1.165, 1.54) is 6.07 Å². The first-order valence-corrected chi connectivity index (χ1v) is 3.97. The molecule has 1 rings (SSSR count). The Morgan fingerprint density at radius 3 is 2.71 bits per heavy atom. The van der Waals surface area contributed by atoms with Crippen LogP contribution in [0.2, 0.25) is 0 Å². The molecule has 0 atom stereocenters. The van der Waals surface area contributed by atoms with E-state index in [2.05, 4.69) is 11.9 Å². The van der Waals surface area contributed by atoms with Crippen LogP contribution in [0.5, 0.6) is 0 Å². The number of halogens is 2. The first-order valence-electron chi connectivity index (χ1n) is 3.97. The van der Waals surface area contributed by atoms with Gasteiger partial charge in [0, 0.05) is 6.54 Å². The zero-order valence-corrected chi connectivity index (χ0v) is 7.39. The van der Waals surface area contributed by atoms with Crippen molar-refractivity contribution in [2.24, 2.45) is 0 Å². The first kappa shape index (κ1) is 10.4. The molecular formula is C10H9F2NO. The normalized spacial score (nSPS) is 9.57. The smallest absolute Gasteiger partial charge is 0.243 e. The predicted molar refractivity (Wildman–Crippen MR) is 48.4 cm³/mol. The molecule has 0 unspecified atom stereocenters. The van der Waals surface area contributed by atoms with Gasteiger partial charge >= 0.3 is 0 Å². The molecule has 1 N–H and O–H groups in total. The van der Waals surface area contributed by atoms with E-state index in [1.54, 1.807) is 0 Å². The SMILES string of the molecule is C=CC(=O)NCc1ccc(F)c(F)c1. The monoisotopic (exact) mass is 197 g/mol. The molecule has 0 aliphatic heterocycles. The number of benzene rings is 1. The van der Waals surface area contributed by atoms with Gasteiger partial charge in [0.2, 0.25) is 5.91 Å². The second-order valence-corrected chi connectivity index (χ2v) is 2.67. The maximum Gasteiger partial charge on any atom is 0.243 e. The standard InChI is InChI=1S/C10H9F2NO/c1-2-10(14)13-6-7-3-4-8(11)9(12)5-7/h2-5H,1,6H2,(H,13,14). The summed E-state index contributed by atoms with van der Waals surface area (Å²) in [5.41, 5.74) is 0.499. The molecular weight excluding hydrogens is 188 g/mol. The molecule has 0 spiro atoms. The number of rotatable bonds is 3. The van der Waals surface area contributed by atoms with Crippen LogP contribution in [0.1, 0.15) is 5.56 Å². The zero-order valence-electron chi connectivity index (χ0n) is 7.39. The fraction of sp³-hybridized carbons (Fsp3) is 0.100. The highest BCUT2D eigenvalue weighted by atomic mass is 19.2. The molecule has 0 heterocycles. The van der Waals surface area contributed by atoms with E-state index in [0.717, 1.165) is 18.2 Å². The van der Waals surface area contributed by atoms with Crippen LogP contribution in [0.25, 0.3) is 0 Å². The zero-order chi connectivity index (χ0) is 10.6. The van der Waals surface area contributed by atoms with Gasteiger partial charge in [0.1, 0.15) is 0 Å². The molecule has 4 heteroatoms. The van der Waals surface area contributed by atoms with Crippen LogP contribution >= 0.6 is 0 Å². The average Bonchev–Trinajstić information content (AvgIpc) is 2.19. The molecule has 0 saturated carbocycles. The number of carbonyl (C=O) groups excluding carboxylic acids is 1. The Morgan fingerprint density at radius 2 is 2.14 bits per heavy atom. The highest BCUT2D eigenvalue weighted by Crippen LogP contribution is 2.08. The third-order valence-corrected chi connectivity index (χ3v) is 1.64. The fourth-order valence-corrected chi connectivity index (χ4v) is 0.911. The van der Waals surface area contributed by atoms with E-state index >= 15 is 0 Å². The molecule has 0 fully saturated rings. The van der Waals surface area contributed by atoms with Crippen molar-refractivity contribution in [2.75, 3.05) is 0 Å². The molecule has 0 saturated heterocycles. The van der Waals surface area contributed by atoms with E-state index in [-0.39, 0.29) is 12.5 Å². The third kappa shape index (κ3) is 2.65. The van der Waals surface area contributed by atoms with E-state index in [4.69, 9.17) is 0 Å². The number of nitrogens with one attached hydrogen (secondary N) is 1. The van der Waals surface area contributed by atoms with Gasteiger partial charge in [-0.2, -0.15) is 0 Å². The summed E-state index contributed by atoms with van der Waals surface area (Å²) in [5, 5.41) is 2.45. The second kappa shape index (κ2) is 4.50. The summed E-state index contributed by atoms with van der Waals surface area (Å²) in [7, 11) is 0. The van der Waals surface area contributed by atoms with Crippen LogP contribution in [-0.4, -0.2) is 5.91 Å². The summed E-state index contributed by atoms with van der Waals surface area (Å²) >= 11 is 0. The first-order chi connectivity index (χ1) is 6.63. The topological polar surface area (TPSA) is 29.1 Å². The van der Waals surface area contributed by atoms with E-state index in [1.807, 2.05) is 0 Å². The number of hydrogen-bond donors (Lipinski definition) is 1. The minimum atomic E-state index is -0.921. The maximum atomic E-state index is 12.7. The lowest BCUT2D eigenvalue weighted by atomic mass is 10.2. The van der Waals surface area contributed by atoms with Crippen molar-refractivity contribution in [3.8, 4) is 0 Å². The lowest BCUT2D eigenvalue weighted by Gasteiger charge is -2.02. The Balaban J connectivity index is 2.64. The fourth-order valence-electron chi connectivity index (χ4n) is 0.911. The molecule has 0 bridgehead atoms. The van der Waals surface area contributed by atoms with Crippen molar-refractivity contribution in [3.05, 3.63) is 48.1 Å². The van der Waals surface area contributed by atoms with Crippen molar-refractivity contribution < 1.29 is 13.6 Å². The molecule has 0 radical (unpaired) electrons.